The van der Waals surface area contributed by atoms with Crippen LogP contribution in [0.1, 0.15) is 29.8 Å². The molecule has 2 aromatic heterocycles. The van der Waals surface area contributed by atoms with Gasteiger partial charge in [-0.1, -0.05) is 26.0 Å². The number of carbonyl (C=O) groups is 2. The Balaban J connectivity index is 1.64. The van der Waals surface area contributed by atoms with Crippen molar-refractivity contribution in [2.45, 2.75) is 20.4 Å². The molecule has 7 nitrogen and oxygen atoms in total. The van der Waals surface area contributed by atoms with Gasteiger partial charge in [0.05, 0.1) is 6.20 Å². The fourth-order valence-electron chi connectivity index (χ4n) is 2.64. The minimum Gasteiger partial charge on any atom is -0.348 e. The molecule has 7 heteroatoms. The number of nitrogens with one attached hydrogen (secondary N) is 2. The largest absolute Gasteiger partial charge is 0.348 e. The van der Waals surface area contributed by atoms with Crippen molar-refractivity contribution in [2.24, 2.45) is 13.0 Å². The third kappa shape index (κ3) is 4.25. The van der Waals surface area contributed by atoms with Gasteiger partial charge < -0.3 is 15.2 Å². The third-order valence-electron chi connectivity index (χ3n) is 4.20. The van der Waals surface area contributed by atoms with Gasteiger partial charge in [0.15, 0.2) is 0 Å². The summed E-state index contributed by atoms with van der Waals surface area (Å²) < 4.78 is 3.52. The van der Waals surface area contributed by atoms with Crippen LogP contribution in [0.25, 0.3) is 5.82 Å². The van der Waals surface area contributed by atoms with Crippen molar-refractivity contribution in [3.63, 3.8) is 0 Å². The lowest BCUT2D eigenvalue weighted by molar-refractivity contribution is -0.118. The Labute approximate surface area is 158 Å². The molecule has 27 heavy (non-hydrogen) atoms. The van der Waals surface area contributed by atoms with E-state index in [1.54, 1.807) is 17.9 Å². The molecule has 0 unspecified atom stereocenters. The number of benzene rings is 1. The van der Waals surface area contributed by atoms with Crippen LogP contribution < -0.4 is 10.6 Å². The van der Waals surface area contributed by atoms with Gasteiger partial charge in [-0.15, -0.1) is 0 Å². The van der Waals surface area contributed by atoms with Crippen LogP contribution in [0.3, 0.4) is 0 Å². The fraction of sp³-hybridized carbons (Fsp3) is 0.250. The van der Waals surface area contributed by atoms with Crippen molar-refractivity contribution in [3.05, 3.63) is 66.1 Å². The molecule has 0 atom stereocenters. The van der Waals surface area contributed by atoms with Crippen molar-refractivity contribution in [2.75, 3.05) is 5.32 Å². The van der Waals surface area contributed by atoms with Gasteiger partial charge in [0, 0.05) is 37.6 Å². The second kappa shape index (κ2) is 7.90. The lowest BCUT2D eigenvalue weighted by atomic mass is 10.1. The van der Waals surface area contributed by atoms with Gasteiger partial charge in [0.1, 0.15) is 11.4 Å². The summed E-state index contributed by atoms with van der Waals surface area (Å²) in [5.41, 5.74) is 2.19. The number of anilines is 1. The second-order valence-corrected chi connectivity index (χ2v) is 6.62. The van der Waals surface area contributed by atoms with Gasteiger partial charge in [-0.3, -0.25) is 14.3 Å². The molecule has 2 N–H and O–H groups in total. The van der Waals surface area contributed by atoms with Gasteiger partial charge in [0.25, 0.3) is 5.91 Å². The van der Waals surface area contributed by atoms with E-state index >= 15 is 0 Å². The molecule has 0 saturated carbocycles. The van der Waals surface area contributed by atoms with Crippen LogP contribution >= 0.6 is 0 Å². The van der Waals surface area contributed by atoms with Crippen molar-refractivity contribution < 1.29 is 9.59 Å². The van der Waals surface area contributed by atoms with Crippen molar-refractivity contribution in [1.29, 1.82) is 0 Å². The summed E-state index contributed by atoms with van der Waals surface area (Å²) in [6, 6.07) is 11.2. The highest BCUT2D eigenvalue weighted by Crippen LogP contribution is 2.15. The van der Waals surface area contributed by atoms with Crippen LogP contribution in [-0.4, -0.2) is 26.2 Å². The smallest absolute Gasteiger partial charge is 0.256 e. The van der Waals surface area contributed by atoms with Crippen LogP contribution in [0.2, 0.25) is 0 Å². The summed E-state index contributed by atoms with van der Waals surface area (Å²) in [6.45, 7) is 4.08. The molecule has 0 fully saturated rings. The minimum absolute atomic E-state index is 0.0230. The zero-order valence-corrected chi connectivity index (χ0v) is 15.6. The van der Waals surface area contributed by atoms with Gasteiger partial charge in [0.2, 0.25) is 5.91 Å². The average Bonchev–Trinajstić information content (AvgIpc) is 3.30. The fourth-order valence-corrected chi connectivity index (χ4v) is 2.64. The molecule has 0 aliphatic carbocycles. The first-order chi connectivity index (χ1) is 13.0. The highest BCUT2D eigenvalue weighted by atomic mass is 16.2. The Bertz CT molecular complexity index is 924. The lowest BCUT2D eigenvalue weighted by Gasteiger charge is -2.10. The van der Waals surface area contributed by atoms with E-state index in [2.05, 4.69) is 15.7 Å². The maximum atomic E-state index is 12.6. The first-order valence-corrected chi connectivity index (χ1v) is 8.79. The molecule has 0 spiro atoms. The molecule has 140 valence electrons. The van der Waals surface area contributed by atoms with Gasteiger partial charge in [-0.05, 0) is 29.8 Å². The predicted octanol–water partition coefficient (Wildman–Crippen LogP) is 2.74. The van der Waals surface area contributed by atoms with E-state index in [1.165, 1.54) is 0 Å². The summed E-state index contributed by atoms with van der Waals surface area (Å²) >= 11 is 0. The van der Waals surface area contributed by atoms with E-state index < -0.39 is 0 Å². The molecule has 0 radical (unpaired) electrons. The number of rotatable bonds is 6. The van der Waals surface area contributed by atoms with Crippen LogP contribution in [0.15, 0.2) is 55.0 Å². The number of hydrogen-bond acceptors (Lipinski definition) is 3. The normalized spacial score (nSPS) is 10.8. The standard InChI is InChI=1S/C20H23N5O2/c1-14(2)18(26)23-16-8-6-15(7-9-16)12-21-19(27)17-13-22-24(3)20(17)25-10-4-5-11-25/h4-11,13-14H,12H2,1-3H3,(H,21,27)(H,23,26). The Hall–Kier alpha value is -3.35. The lowest BCUT2D eigenvalue weighted by Crippen LogP contribution is -2.24. The molecular formula is C20H23N5O2. The van der Waals surface area contributed by atoms with Crippen LogP contribution in [0, 0.1) is 5.92 Å². The summed E-state index contributed by atoms with van der Waals surface area (Å²) in [6.07, 6.45) is 5.31. The first kappa shape index (κ1) is 18.4. The SMILES string of the molecule is CC(C)C(=O)Nc1ccc(CNC(=O)c2cnn(C)c2-n2cccc2)cc1. The Kier molecular flexibility index (Phi) is 5.40. The number of aromatic nitrogens is 3. The van der Waals surface area contributed by atoms with Gasteiger partial charge in [-0.25, -0.2) is 0 Å². The van der Waals surface area contributed by atoms with Gasteiger partial charge >= 0.3 is 0 Å². The maximum Gasteiger partial charge on any atom is 0.256 e. The van der Waals surface area contributed by atoms with Crippen LogP contribution in [0.4, 0.5) is 5.69 Å². The van der Waals surface area contributed by atoms with E-state index in [0.29, 0.717) is 17.9 Å². The van der Waals surface area contributed by atoms with E-state index in [9.17, 15) is 9.59 Å². The van der Waals surface area contributed by atoms with E-state index in [1.807, 2.05) is 67.2 Å². The third-order valence-corrected chi connectivity index (χ3v) is 4.20. The van der Waals surface area contributed by atoms with Crippen molar-refractivity contribution in [3.8, 4) is 5.82 Å². The zero-order chi connectivity index (χ0) is 19.4. The number of amides is 2. The molecular weight excluding hydrogens is 342 g/mol. The first-order valence-electron chi connectivity index (χ1n) is 8.79. The maximum absolute atomic E-state index is 12.6. The molecule has 3 aromatic rings. The highest BCUT2D eigenvalue weighted by molar-refractivity contribution is 5.97. The van der Waals surface area contributed by atoms with Crippen molar-refractivity contribution in [1.82, 2.24) is 19.7 Å². The van der Waals surface area contributed by atoms with E-state index in [-0.39, 0.29) is 17.7 Å². The topological polar surface area (TPSA) is 81.0 Å². The Morgan fingerprint density at radius 2 is 1.78 bits per heavy atom. The van der Waals surface area contributed by atoms with E-state index in [0.717, 1.165) is 11.3 Å². The van der Waals surface area contributed by atoms with Gasteiger partial charge in [-0.2, -0.15) is 5.10 Å². The molecule has 3 rings (SSSR count). The van der Waals surface area contributed by atoms with E-state index in [4.69, 9.17) is 0 Å². The molecule has 2 heterocycles. The highest BCUT2D eigenvalue weighted by Gasteiger charge is 2.17. The number of hydrogen-bond donors (Lipinski definition) is 2. The number of carbonyl (C=O) groups excluding carboxylic acids is 2. The molecule has 0 aliphatic rings. The van der Waals surface area contributed by atoms with Crippen LogP contribution in [0.5, 0.6) is 0 Å². The molecule has 0 aliphatic heterocycles. The quantitative estimate of drug-likeness (QED) is 0.705. The number of nitrogens with zero attached hydrogens (tertiary/aromatic N) is 3. The summed E-state index contributed by atoms with van der Waals surface area (Å²) in [7, 11) is 1.80. The number of aryl methyl sites for hydroxylation is 1. The molecule has 1 aromatic carbocycles. The average molecular weight is 365 g/mol. The summed E-state index contributed by atoms with van der Waals surface area (Å²) in [5.74, 6) is 0.427. The predicted molar refractivity (Wildman–Crippen MR) is 104 cm³/mol. The summed E-state index contributed by atoms with van der Waals surface area (Å²) in [5, 5.41) is 9.96. The Morgan fingerprint density at radius 1 is 1.11 bits per heavy atom. The monoisotopic (exact) mass is 365 g/mol. The minimum atomic E-state index is -0.191. The second-order valence-electron chi connectivity index (χ2n) is 6.62. The molecule has 0 bridgehead atoms. The Morgan fingerprint density at radius 3 is 2.41 bits per heavy atom. The van der Waals surface area contributed by atoms with Crippen molar-refractivity contribution >= 4 is 17.5 Å². The summed E-state index contributed by atoms with van der Waals surface area (Å²) in [4.78, 5) is 24.3. The molecule has 0 saturated heterocycles. The van der Waals surface area contributed by atoms with Crippen LogP contribution in [-0.2, 0) is 18.4 Å². The molecule has 2 amide bonds. The zero-order valence-electron chi connectivity index (χ0n) is 15.6.